The van der Waals surface area contributed by atoms with Gasteiger partial charge in [0, 0.05) is 16.9 Å². The maximum Gasteiger partial charge on any atom is 0.303 e. The molecule has 1 amide bonds. The van der Waals surface area contributed by atoms with Crippen molar-refractivity contribution in [1.29, 1.82) is 0 Å². The minimum absolute atomic E-state index is 0.00528. The van der Waals surface area contributed by atoms with Gasteiger partial charge in [0.2, 0.25) is 0 Å². The van der Waals surface area contributed by atoms with Crippen LogP contribution in [-0.4, -0.2) is 23.0 Å². The monoisotopic (exact) mass is 395 g/mol. The molecule has 0 aliphatic carbocycles. The van der Waals surface area contributed by atoms with E-state index >= 15 is 0 Å². The van der Waals surface area contributed by atoms with Crippen LogP contribution in [0.1, 0.15) is 36.1 Å². The van der Waals surface area contributed by atoms with Crippen molar-refractivity contribution >= 4 is 27.8 Å². The van der Waals surface area contributed by atoms with E-state index in [2.05, 4.69) is 21.2 Å². The van der Waals surface area contributed by atoms with E-state index in [4.69, 9.17) is 14.3 Å². The lowest BCUT2D eigenvalue weighted by molar-refractivity contribution is -0.137. The summed E-state index contributed by atoms with van der Waals surface area (Å²) in [6.45, 7) is 1.96. The number of nitrogens with one attached hydrogen (secondary N) is 1. The summed E-state index contributed by atoms with van der Waals surface area (Å²) >= 11 is 3.36. The average Bonchev–Trinajstić information content (AvgIpc) is 3.00. The number of carboxylic acids is 1. The van der Waals surface area contributed by atoms with Crippen LogP contribution in [0.15, 0.2) is 45.3 Å². The molecular weight excluding hydrogens is 378 g/mol. The van der Waals surface area contributed by atoms with Crippen molar-refractivity contribution in [2.45, 2.75) is 32.4 Å². The minimum atomic E-state index is -0.888. The first-order valence-corrected chi connectivity index (χ1v) is 8.23. The van der Waals surface area contributed by atoms with Crippen LogP contribution in [0.4, 0.5) is 0 Å². The Hall–Kier alpha value is -2.28. The highest BCUT2D eigenvalue weighted by Gasteiger charge is 2.15. The fourth-order valence-electron chi connectivity index (χ4n) is 2.00. The fourth-order valence-corrected chi connectivity index (χ4v) is 2.37. The van der Waals surface area contributed by atoms with Crippen LogP contribution in [0.3, 0.4) is 0 Å². The van der Waals surface area contributed by atoms with Gasteiger partial charge in [0.1, 0.15) is 18.1 Å². The van der Waals surface area contributed by atoms with Crippen molar-refractivity contribution in [1.82, 2.24) is 5.32 Å². The molecule has 0 fully saturated rings. The number of amides is 1. The first-order valence-electron chi connectivity index (χ1n) is 7.44. The highest BCUT2D eigenvalue weighted by atomic mass is 79.9. The lowest BCUT2D eigenvalue weighted by atomic mass is 10.2. The van der Waals surface area contributed by atoms with Crippen LogP contribution in [-0.2, 0) is 11.4 Å². The summed E-state index contributed by atoms with van der Waals surface area (Å²) in [4.78, 5) is 22.6. The maximum atomic E-state index is 12.0. The number of benzene rings is 1. The summed E-state index contributed by atoms with van der Waals surface area (Å²) in [6, 6.07) is 10.4. The Kier molecular flexibility index (Phi) is 6.43. The molecule has 2 N–H and O–H groups in total. The van der Waals surface area contributed by atoms with Crippen LogP contribution in [0.5, 0.6) is 5.75 Å². The first-order chi connectivity index (χ1) is 11.4. The van der Waals surface area contributed by atoms with E-state index in [-0.39, 0.29) is 30.7 Å². The Morgan fingerprint density at radius 2 is 2.12 bits per heavy atom. The molecule has 1 heterocycles. The second-order valence-electron chi connectivity index (χ2n) is 5.32. The zero-order valence-corrected chi connectivity index (χ0v) is 14.7. The van der Waals surface area contributed by atoms with Crippen LogP contribution in [0, 0.1) is 0 Å². The number of halogens is 1. The molecule has 0 radical (unpaired) electrons. The first kappa shape index (κ1) is 18.1. The highest BCUT2D eigenvalue weighted by molar-refractivity contribution is 9.10. The average molecular weight is 396 g/mol. The van der Waals surface area contributed by atoms with Crippen molar-refractivity contribution < 1.29 is 23.8 Å². The molecule has 128 valence electrons. The second-order valence-corrected chi connectivity index (χ2v) is 6.23. The molecule has 0 spiro atoms. The second kappa shape index (κ2) is 8.54. The number of ether oxygens (including phenoxy) is 1. The topological polar surface area (TPSA) is 88.8 Å². The van der Waals surface area contributed by atoms with Gasteiger partial charge in [-0.05, 0) is 43.7 Å². The van der Waals surface area contributed by atoms with Crippen LogP contribution in [0.25, 0.3) is 0 Å². The third-order valence-corrected chi connectivity index (χ3v) is 3.72. The number of hydrogen-bond acceptors (Lipinski definition) is 4. The molecule has 1 atom stereocenters. The van der Waals surface area contributed by atoms with E-state index in [0.29, 0.717) is 17.9 Å². The summed E-state index contributed by atoms with van der Waals surface area (Å²) in [5, 5.41) is 11.3. The molecule has 7 heteroatoms. The van der Waals surface area contributed by atoms with Crippen LogP contribution in [0.2, 0.25) is 0 Å². The van der Waals surface area contributed by atoms with Gasteiger partial charge in [0.15, 0.2) is 5.76 Å². The molecule has 1 unspecified atom stereocenters. The molecule has 0 aliphatic heterocycles. The molecular formula is C17H18BrNO5. The van der Waals surface area contributed by atoms with Crippen molar-refractivity contribution in [3.05, 3.63) is 52.4 Å². The standard InChI is InChI=1S/C17H18BrNO5/c1-11(5-8-16(20)21)19-17(22)15-7-6-14(24-15)10-23-13-4-2-3-12(18)9-13/h2-4,6-7,9,11H,5,8,10H2,1H3,(H,19,22)(H,20,21). The Morgan fingerprint density at radius 1 is 1.33 bits per heavy atom. The van der Waals surface area contributed by atoms with E-state index in [0.717, 1.165) is 4.47 Å². The van der Waals surface area contributed by atoms with E-state index < -0.39 is 5.97 Å². The Bertz CT molecular complexity index is 713. The van der Waals surface area contributed by atoms with E-state index in [1.165, 1.54) is 0 Å². The van der Waals surface area contributed by atoms with Crippen LogP contribution >= 0.6 is 15.9 Å². The quantitative estimate of drug-likeness (QED) is 0.712. The zero-order valence-electron chi connectivity index (χ0n) is 13.1. The van der Waals surface area contributed by atoms with Gasteiger partial charge in [-0.1, -0.05) is 22.0 Å². The number of furan rings is 1. The predicted octanol–water partition coefficient (Wildman–Crippen LogP) is 3.60. The lowest BCUT2D eigenvalue weighted by Gasteiger charge is -2.11. The number of hydrogen-bond donors (Lipinski definition) is 2. The third kappa shape index (κ3) is 5.73. The molecule has 2 rings (SSSR count). The van der Waals surface area contributed by atoms with Gasteiger partial charge < -0.3 is 19.6 Å². The molecule has 0 aliphatic rings. The molecule has 24 heavy (non-hydrogen) atoms. The number of aliphatic carboxylic acids is 1. The Morgan fingerprint density at radius 3 is 2.83 bits per heavy atom. The van der Waals surface area contributed by atoms with Gasteiger partial charge in [0.05, 0.1) is 0 Å². The fraction of sp³-hybridized carbons (Fsp3) is 0.294. The minimum Gasteiger partial charge on any atom is -0.486 e. The summed E-state index contributed by atoms with van der Waals surface area (Å²) in [6.07, 6.45) is 0.367. The van der Waals surface area contributed by atoms with Gasteiger partial charge in [-0.15, -0.1) is 0 Å². The molecule has 0 saturated heterocycles. The number of carbonyl (C=O) groups is 2. The highest BCUT2D eigenvalue weighted by Crippen LogP contribution is 2.19. The SMILES string of the molecule is CC(CCC(=O)O)NC(=O)c1ccc(COc2cccc(Br)c2)o1. The Labute approximate surface area is 147 Å². The van der Waals surface area contributed by atoms with Gasteiger partial charge >= 0.3 is 5.97 Å². The summed E-state index contributed by atoms with van der Waals surface area (Å²) in [7, 11) is 0. The Balaban J connectivity index is 1.85. The molecule has 0 saturated carbocycles. The van der Waals surface area contributed by atoms with Crippen molar-refractivity contribution in [2.24, 2.45) is 0 Å². The normalized spacial score (nSPS) is 11.8. The van der Waals surface area contributed by atoms with Gasteiger partial charge in [-0.3, -0.25) is 9.59 Å². The number of carboxylic acid groups (broad SMARTS) is 1. The van der Waals surface area contributed by atoms with Gasteiger partial charge in [0.25, 0.3) is 5.91 Å². The molecule has 1 aromatic heterocycles. The maximum absolute atomic E-state index is 12.0. The summed E-state index contributed by atoms with van der Waals surface area (Å²) in [5.41, 5.74) is 0. The van der Waals surface area contributed by atoms with E-state index in [9.17, 15) is 9.59 Å². The van der Waals surface area contributed by atoms with Gasteiger partial charge in [-0.25, -0.2) is 0 Å². The van der Waals surface area contributed by atoms with E-state index in [1.807, 2.05) is 24.3 Å². The van der Waals surface area contributed by atoms with Crippen molar-refractivity contribution in [3.8, 4) is 5.75 Å². The summed E-state index contributed by atoms with van der Waals surface area (Å²) in [5.74, 6) is 0.125. The zero-order chi connectivity index (χ0) is 17.5. The largest absolute Gasteiger partial charge is 0.486 e. The number of rotatable bonds is 8. The smallest absolute Gasteiger partial charge is 0.303 e. The van der Waals surface area contributed by atoms with E-state index in [1.54, 1.807) is 19.1 Å². The molecule has 0 bridgehead atoms. The molecule has 6 nitrogen and oxygen atoms in total. The van der Waals surface area contributed by atoms with Crippen molar-refractivity contribution in [3.63, 3.8) is 0 Å². The number of carbonyl (C=O) groups excluding carboxylic acids is 1. The predicted molar refractivity (Wildman–Crippen MR) is 91.0 cm³/mol. The van der Waals surface area contributed by atoms with Crippen molar-refractivity contribution in [2.75, 3.05) is 0 Å². The third-order valence-electron chi connectivity index (χ3n) is 3.23. The molecule has 1 aromatic carbocycles. The molecule has 2 aromatic rings. The van der Waals surface area contributed by atoms with Gasteiger partial charge in [-0.2, -0.15) is 0 Å². The van der Waals surface area contributed by atoms with Crippen LogP contribution < -0.4 is 10.1 Å². The lowest BCUT2D eigenvalue weighted by Crippen LogP contribution is -2.32. The summed E-state index contributed by atoms with van der Waals surface area (Å²) < 4.78 is 12.0.